The molecule has 0 spiro atoms. The first-order valence-electron chi connectivity index (χ1n) is 4.59. The van der Waals surface area contributed by atoms with Crippen molar-refractivity contribution in [2.24, 2.45) is 0 Å². The van der Waals surface area contributed by atoms with E-state index in [4.69, 9.17) is 4.52 Å². The Labute approximate surface area is 82.1 Å². The second-order valence-corrected chi connectivity index (χ2v) is 3.55. The minimum Gasteiger partial charge on any atom is -0.361 e. The van der Waals surface area contributed by atoms with E-state index in [-0.39, 0.29) is 5.91 Å². The number of rotatable bonds is 2. The molecule has 0 bridgehead atoms. The van der Waals surface area contributed by atoms with Crippen molar-refractivity contribution in [3.05, 3.63) is 17.5 Å². The maximum atomic E-state index is 11.8. The third kappa shape index (κ3) is 1.50. The summed E-state index contributed by atoms with van der Waals surface area (Å²) in [6.45, 7) is 3.49. The van der Waals surface area contributed by atoms with E-state index in [1.165, 1.54) is 0 Å². The number of aryl methyl sites for hydroxylation is 1. The Morgan fingerprint density at radius 2 is 2.43 bits per heavy atom. The molecule has 1 aliphatic heterocycles. The van der Waals surface area contributed by atoms with E-state index in [0.717, 1.165) is 13.1 Å². The van der Waals surface area contributed by atoms with Crippen LogP contribution in [0, 0.1) is 6.92 Å². The lowest BCUT2D eigenvalue weighted by atomic mass is 10.1. The molecular formula is C9H13N3O2. The fraction of sp³-hybridized carbons (Fsp3) is 0.556. The average Bonchev–Trinajstić information content (AvgIpc) is 2.47. The van der Waals surface area contributed by atoms with Crippen molar-refractivity contribution in [2.45, 2.75) is 13.0 Å². The molecule has 76 valence electrons. The van der Waals surface area contributed by atoms with E-state index in [1.54, 1.807) is 24.9 Å². The van der Waals surface area contributed by atoms with Gasteiger partial charge < -0.3 is 14.7 Å². The lowest BCUT2D eigenvalue weighted by Gasteiger charge is -2.35. The third-order valence-electron chi connectivity index (χ3n) is 2.48. The molecule has 1 fully saturated rings. The molecule has 1 saturated heterocycles. The Hall–Kier alpha value is -1.36. The second kappa shape index (κ2) is 3.42. The molecule has 0 aromatic carbocycles. The lowest BCUT2D eigenvalue weighted by Crippen LogP contribution is -2.57. The summed E-state index contributed by atoms with van der Waals surface area (Å²) >= 11 is 0. The van der Waals surface area contributed by atoms with E-state index in [0.29, 0.717) is 17.5 Å². The molecule has 1 aromatic heterocycles. The van der Waals surface area contributed by atoms with Gasteiger partial charge in [-0.15, -0.1) is 0 Å². The van der Waals surface area contributed by atoms with Crippen LogP contribution >= 0.6 is 0 Å². The van der Waals surface area contributed by atoms with Gasteiger partial charge in [-0.25, -0.2) is 0 Å². The zero-order chi connectivity index (χ0) is 10.1. The van der Waals surface area contributed by atoms with E-state index in [1.807, 2.05) is 0 Å². The van der Waals surface area contributed by atoms with Crippen molar-refractivity contribution in [2.75, 3.05) is 20.1 Å². The summed E-state index contributed by atoms with van der Waals surface area (Å²) in [5, 5.41) is 6.81. The maximum absolute atomic E-state index is 11.8. The van der Waals surface area contributed by atoms with Gasteiger partial charge in [0.2, 0.25) is 0 Å². The Balaban J connectivity index is 2.07. The van der Waals surface area contributed by atoms with Gasteiger partial charge in [0.1, 0.15) is 5.76 Å². The number of hydrogen-bond acceptors (Lipinski definition) is 4. The van der Waals surface area contributed by atoms with E-state index in [2.05, 4.69) is 10.5 Å². The van der Waals surface area contributed by atoms with Gasteiger partial charge in [-0.3, -0.25) is 4.79 Å². The van der Waals surface area contributed by atoms with Crippen LogP contribution in [0.5, 0.6) is 0 Å². The van der Waals surface area contributed by atoms with E-state index < -0.39 is 0 Å². The van der Waals surface area contributed by atoms with E-state index >= 15 is 0 Å². The van der Waals surface area contributed by atoms with E-state index in [9.17, 15) is 4.79 Å². The summed E-state index contributed by atoms with van der Waals surface area (Å²) in [5.74, 6) is 0.585. The molecule has 1 N–H and O–H groups in total. The minimum absolute atomic E-state index is 0.0756. The highest BCUT2D eigenvalue weighted by Crippen LogP contribution is 2.09. The molecule has 5 nitrogen and oxygen atoms in total. The van der Waals surface area contributed by atoms with Crippen LogP contribution in [-0.4, -0.2) is 42.1 Å². The summed E-state index contributed by atoms with van der Waals surface area (Å²) in [6.07, 6.45) is 0. The van der Waals surface area contributed by atoms with Crippen molar-refractivity contribution in [3.63, 3.8) is 0 Å². The summed E-state index contributed by atoms with van der Waals surface area (Å²) in [4.78, 5) is 13.5. The highest BCUT2D eigenvalue weighted by atomic mass is 16.5. The Morgan fingerprint density at radius 1 is 1.71 bits per heavy atom. The maximum Gasteiger partial charge on any atom is 0.276 e. The summed E-state index contributed by atoms with van der Waals surface area (Å²) in [5.41, 5.74) is 0.386. The van der Waals surface area contributed by atoms with Crippen molar-refractivity contribution in [1.82, 2.24) is 15.4 Å². The molecule has 2 heterocycles. The van der Waals surface area contributed by atoms with Gasteiger partial charge in [-0.1, -0.05) is 5.16 Å². The Bertz CT molecular complexity index is 344. The fourth-order valence-electron chi connectivity index (χ4n) is 1.36. The number of carbonyl (C=O) groups excluding carboxylic acids is 1. The van der Waals surface area contributed by atoms with Crippen molar-refractivity contribution >= 4 is 5.91 Å². The summed E-state index contributed by atoms with van der Waals surface area (Å²) < 4.78 is 4.85. The zero-order valence-electron chi connectivity index (χ0n) is 8.28. The minimum atomic E-state index is -0.0756. The molecule has 5 heteroatoms. The lowest BCUT2D eigenvalue weighted by molar-refractivity contribution is 0.0670. The highest BCUT2D eigenvalue weighted by molar-refractivity contribution is 5.92. The first-order chi connectivity index (χ1) is 6.68. The number of aromatic nitrogens is 1. The number of likely N-dealkylation sites (N-methyl/N-ethyl adjacent to an activating group) is 1. The molecule has 14 heavy (non-hydrogen) atoms. The topological polar surface area (TPSA) is 58.4 Å². The van der Waals surface area contributed by atoms with Crippen LogP contribution in [0.4, 0.5) is 0 Å². The molecule has 0 unspecified atom stereocenters. The number of nitrogens with zero attached hydrogens (tertiary/aromatic N) is 2. The van der Waals surface area contributed by atoms with Gasteiger partial charge in [0.25, 0.3) is 5.91 Å². The zero-order valence-corrected chi connectivity index (χ0v) is 8.28. The smallest absolute Gasteiger partial charge is 0.276 e. The Morgan fingerprint density at radius 3 is 2.86 bits per heavy atom. The predicted molar refractivity (Wildman–Crippen MR) is 50.0 cm³/mol. The first kappa shape index (κ1) is 9.21. The first-order valence-corrected chi connectivity index (χ1v) is 4.59. The van der Waals surface area contributed by atoms with Crippen LogP contribution in [0.15, 0.2) is 10.6 Å². The molecule has 0 aliphatic carbocycles. The predicted octanol–water partition coefficient (Wildman–Crippen LogP) is 0.0268. The summed E-state index contributed by atoms with van der Waals surface area (Å²) in [7, 11) is 1.79. The standard InChI is InChI=1S/C9H13N3O2/c1-6-3-8(11-14-6)9(13)12(2)7-4-10-5-7/h3,7,10H,4-5H2,1-2H3. The van der Waals surface area contributed by atoms with Crippen molar-refractivity contribution in [3.8, 4) is 0 Å². The average molecular weight is 195 g/mol. The van der Waals surface area contributed by atoms with Gasteiger partial charge in [0.05, 0.1) is 6.04 Å². The number of nitrogens with one attached hydrogen (secondary N) is 1. The number of amides is 1. The normalized spacial score (nSPS) is 16.4. The molecule has 0 radical (unpaired) electrons. The largest absolute Gasteiger partial charge is 0.361 e. The fourth-order valence-corrected chi connectivity index (χ4v) is 1.36. The molecule has 0 atom stereocenters. The SMILES string of the molecule is Cc1cc(C(=O)N(C)C2CNC2)no1. The van der Waals surface area contributed by atoms with Crippen molar-refractivity contribution < 1.29 is 9.32 Å². The molecular weight excluding hydrogens is 182 g/mol. The number of hydrogen-bond donors (Lipinski definition) is 1. The van der Waals surface area contributed by atoms with Crippen LogP contribution in [0.1, 0.15) is 16.2 Å². The Kier molecular flexibility index (Phi) is 2.25. The second-order valence-electron chi connectivity index (χ2n) is 3.55. The molecule has 0 saturated carbocycles. The van der Waals surface area contributed by atoms with Crippen LogP contribution < -0.4 is 5.32 Å². The van der Waals surface area contributed by atoms with Gasteiger partial charge in [-0.2, -0.15) is 0 Å². The quantitative estimate of drug-likeness (QED) is 0.723. The monoisotopic (exact) mass is 195 g/mol. The van der Waals surface area contributed by atoms with Gasteiger partial charge in [0, 0.05) is 26.2 Å². The molecule has 1 aliphatic rings. The third-order valence-corrected chi connectivity index (χ3v) is 2.48. The number of carbonyl (C=O) groups is 1. The molecule has 2 rings (SSSR count). The van der Waals surface area contributed by atoms with Gasteiger partial charge in [-0.05, 0) is 6.92 Å². The van der Waals surface area contributed by atoms with Crippen LogP contribution in [0.25, 0.3) is 0 Å². The van der Waals surface area contributed by atoms with Crippen LogP contribution in [-0.2, 0) is 0 Å². The molecule has 1 amide bonds. The molecule has 1 aromatic rings. The highest BCUT2D eigenvalue weighted by Gasteiger charge is 2.27. The summed E-state index contributed by atoms with van der Waals surface area (Å²) in [6, 6.07) is 1.95. The van der Waals surface area contributed by atoms with Gasteiger partial charge >= 0.3 is 0 Å². The van der Waals surface area contributed by atoms with Crippen LogP contribution in [0.2, 0.25) is 0 Å². The van der Waals surface area contributed by atoms with Crippen LogP contribution in [0.3, 0.4) is 0 Å². The van der Waals surface area contributed by atoms with Crippen molar-refractivity contribution in [1.29, 1.82) is 0 Å². The van der Waals surface area contributed by atoms with Gasteiger partial charge in [0.15, 0.2) is 5.69 Å².